The molecule has 2 heteroatoms. The van der Waals surface area contributed by atoms with Crippen LogP contribution < -0.4 is 5.32 Å². The van der Waals surface area contributed by atoms with Crippen LogP contribution in [0.2, 0.25) is 0 Å². The van der Waals surface area contributed by atoms with Gasteiger partial charge in [-0.05, 0) is 58.4 Å². The summed E-state index contributed by atoms with van der Waals surface area (Å²) in [6, 6.07) is 1.51. The van der Waals surface area contributed by atoms with Crippen LogP contribution in [0, 0.1) is 11.8 Å². The lowest BCUT2D eigenvalue weighted by molar-refractivity contribution is 0.0300. The Kier molecular flexibility index (Phi) is 5.25. The molecule has 0 aromatic heterocycles. The van der Waals surface area contributed by atoms with Gasteiger partial charge in [-0.3, -0.25) is 0 Å². The average molecular weight is 250 g/mol. The molecule has 1 saturated carbocycles. The van der Waals surface area contributed by atoms with Crippen molar-refractivity contribution in [3.05, 3.63) is 12.2 Å². The molecular formula is C16H30N2. The fraction of sp³-hybridized carbons (Fsp3) is 0.875. The highest BCUT2D eigenvalue weighted by Crippen LogP contribution is 2.35. The molecule has 2 bridgehead atoms. The predicted molar refractivity (Wildman–Crippen MR) is 78.8 cm³/mol. The second-order valence-electron chi connectivity index (χ2n) is 6.34. The minimum Gasteiger partial charge on any atom is -0.313 e. The molecule has 2 aliphatic rings. The van der Waals surface area contributed by atoms with Crippen molar-refractivity contribution in [1.82, 2.24) is 10.2 Å². The third kappa shape index (κ3) is 3.36. The van der Waals surface area contributed by atoms with Crippen LogP contribution in [-0.2, 0) is 0 Å². The first kappa shape index (κ1) is 14.1. The highest BCUT2D eigenvalue weighted by molar-refractivity contribution is 4.95. The van der Waals surface area contributed by atoms with E-state index in [1.165, 1.54) is 38.8 Å². The molecule has 1 N–H and O–H groups in total. The number of hydrogen-bond acceptors (Lipinski definition) is 2. The molecule has 0 aromatic rings. The minimum absolute atomic E-state index is 0.720. The van der Waals surface area contributed by atoms with Crippen LogP contribution in [0.3, 0.4) is 0 Å². The molecule has 1 aliphatic carbocycles. The number of piperidine rings is 1. The lowest BCUT2D eigenvalue weighted by atomic mass is 9.73. The van der Waals surface area contributed by atoms with Crippen molar-refractivity contribution >= 4 is 0 Å². The molecule has 2 fully saturated rings. The monoisotopic (exact) mass is 250 g/mol. The van der Waals surface area contributed by atoms with Gasteiger partial charge in [0.05, 0.1) is 0 Å². The van der Waals surface area contributed by atoms with E-state index in [1.807, 2.05) is 0 Å². The number of rotatable bonds is 5. The van der Waals surface area contributed by atoms with E-state index in [2.05, 4.69) is 43.1 Å². The maximum absolute atomic E-state index is 3.84. The van der Waals surface area contributed by atoms with Gasteiger partial charge >= 0.3 is 0 Å². The first-order chi connectivity index (χ1) is 8.72. The van der Waals surface area contributed by atoms with E-state index in [9.17, 15) is 0 Å². The largest absolute Gasteiger partial charge is 0.313 e. The summed E-state index contributed by atoms with van der Waals surface area (Å²) in [6.07, 6.45) is 9.92. The van der Waals surface area contributed by atoms with Crippen molar-refractivity contribution < 1.29 is 0 Å². The zero-order valence-electron chi connectivity index (χ0n) is 12.4. The van der Waals surface area contributed by atoms with Gasteiger partial charge in [0, 0.05) is 25.2 Å². The Labute approximate surface area is 113 Å². The second kappa shape index (κ2) is 6.72. The summed E-state index contributed by atoms with van der Waals surface area (Å²) < 4.78 is 0. The number of hydrogen-bond donors (Lipinski definition) is 1. The third-order valence-corrected chi connectivity index (χ3v) is 4.76. The zero-order valence-corrected chi connectivity index (χ0v) is 12.4. The number of likely N-dealkylation sites (tertiary alicyclic amines) is 1. The van der Waals surface area contributed by atoms with Gasteiger partial charge in [-0.15, -0.1) is 0 Å². The summed E-state index contributed by atoms with van der Waals surface area (Å²) in [5, 5.41) is 3.84. The minimum atomic E-state index is 0.720. The first-order valence-electron chi connectivity index (χ1n) is 7.81. The molecule has 1 aliphatic heterocycles. The molecule has 2 atom stereocenters. The topological polar surface area (TPSA) is 15.3 Å². The van der Waals surface area contributed by atoms with Crippen LogP contribution >= 0.6 is 0 Å². The molecule has 0 aromatic carbocycles. The van der Waals surface area contributed by atoms with E-state index in [0.29, 0.717) is 0 Å². The van der Waals surface area contributed by atoms with Crippen molar-refractivity contribution in [2.45, 2.75) is 58.5 Å². The van der Waals surface area contributed by atoms with Crippen LogP contribution in [0.15, 0.2) is 12.2 Å². The van der Waals surface area contributed by atoms with Gasteiger partial charge in [-0.25, -0.2) is 0 Å². The van der Waals surface area contributed by atoms with Gasteiger partial charge in [0.25, 0.3) is 0 Å². The molecule has 0 amide bonds. The maximum Gasteiger partial charge on any atom is 0.0148 e. The average Bonchev–Trinajstić information content (AvgIpc) is 2.33. The van der Waals surface area contributed by atoms with Crippen LogP contribution in [0.5, 0.6) is 0 Å². The van der Waals surface area contributed by atoms with Gasteiger partial charge in [0.15, 0.2) is 0 Å². The van der Waals surface area contributed by atoms with Crippen molar-refractivity contribution in [3.8, 4) is 0 Å². The summed E-state index contributed by atoms with van der Waals surface area (Å²) in [7, 11) is 0. The summed E-state index contributed by atoms with van der Waals surface area (Å²) in [5.41, 5.74) is 0. The van der Waals surface area contributed by atoms with Crippen molar-refractivity contribution in [3.63, 3.8) is 0 Å². The number of nitrogens with one attached hydrogen (secondary N) is 1. The molecule has 0 spiro atoms. The fourth-order valence-corrected chi connectivity index (χ4v) is 3.73. The van der Waals surface area contributed by atoms with E-state index in [-0.39, 0.29) is 0 Å². The summed E-state index contributed by atoms with van der Waals surface area (Å²) >= 11 is 0. The van der Waals surface area contributed by atoms with Gasteiger partial charge in [0.1, 0.15) is 0 Å². The molecular weight excluding hydrogens is 220 g/mol. The van der Waals surface area contributed by atoms with Crippen LogP contribution in [-0.4, -0.2) is 36.6 Å². The Morgan fingerprint density at radius 1 is 1.22 bits per heavy atom. The number of nitrogens with zero attached hydrogens (tertiary/aromatic N) is 1. The standard InChI is InChI=1S/C16H30N2/c1-4-5-6-10-17-16-14-8-7-9-15(16)12-18(11-14)13(2)3/h4-5,13-17H,6-12H2,1-3H3/b5-4+. The normalized spacial score (nSPS) is 33.4. The SMILES string of the molecule is C/C=C/CCNC1C2CCCC1CN(C(C)C)C2. The quantitative estimate of drug-likeness (QED) is 0.596. The summed E-state index contributed by atoms with van der Waals surface area (Å²) in [6.45, 7) is 10.6. The Hall–Kier alpha value is -0.340. The van der Waals surface area contributed by atoms with E-state index >= 15 is 0 Å². The van der Waals surface area contributed by atoms with Gasteiger partial charge in [-0.2, -0.15) is 0 Å². The van der Waals surface area contributed by atoms with Crippen LogP contribution in [0.4, 0.5) is 0 Å². The van der Waals surface area contributed by atoms with Gasteiger partial charge in [0.2, 0.25) is 0 Å². The maximum atomic E-state index is 3.84. The van der Waals surface area contributed by atoms with Crippen molar-refractivity contribution in [2.75, 3.05) is 19.6 Å². The van der Waals surface area contributed by atoms with E-state index in [4.69, 9.17) is 0 Å². The summed E-state index contributed by atoms with van der Waals surface area (Å²) in [4.78, 5) is 2.69. The molecule has 1 saturated heterocycles. The molecule has 104 valence electrons. The Morgan fingerprint density at radius 3 is 2.44 bits per heavy atom. The van der Waals surface area contributed by atoms with Crippen LogP contribution in [0.25, 0.3) is 0 Å². The Balaban J connectivity index is 1.87. The molecule has 2 nitrogen and oxygen atoms in total. The van der Waals surface area contributed by atoms with E-state index in [0.717, 1.165) is 30.5 Å². The zero-order chi connectivity index (χ0) is 13.0. The second-order valence-corrected chi connectivity index (χ2v) is 6.34. The van der Waals surface area contributed by atoms with Gasteiger partial charge < -0.3 is 10.2 Å². The van der Waals surface area contributed by atoms with E-state index in [1.54, 1.807) is 0 Å². The molecule has 0 radical (unpaired) electrons. The lowest BCUT2D eigenvalue weighted by Gasteiger charge is -2.49. The number of allylic oxidation sites excluding steroid dienone is 1. The van der Waals surface area contributed by atoms with Crippen molar-refractivity contribution in [2.24, 2.45) is 11.8 Å². The van der Waals surface area contributed by atoms with Crippen LogP contribution in [0.1, 0.15) is 46.5 Å². The first-order valence-corrected chi connectivity index (χ1v) is 7.81. The van der Waals surface area contributed by atoms with Crippen molar-refractivity contribution in [1.29, 1.82) is 0 Å². The Bertz CT molecular complexity index is 258. The van der Waals surface area contributed by atoms with Gasteiger partial charge in [-0.1, -0.05) is 18.6 Å². The third-order valence-electron chi connectivity index (χ3n) is 4.76. The fourth-order valence-electron chi connectivity index (χ4n) is 3.73. The van der Waals surface area contributed by atoms with E-state index < -0.39 is 0 Å². The molecule has 1 heterocycles. The predicted octanol–water partition coefficient (Wildman–Crippen LogP) is 3.05. The lowest BCUT2D eigenvalue weighted by Crippen LogP contribution is -2.58. The molecule has 2 rings (SSSR count). The number of fused-ring (bicyclic) bond motifs is 2. The highest BCUT2D eigenvalue weighted by atomic mass is 15.2. The summed E-state index contributed by atoms with van der Waals surface area (Å²) in [5.74, 6) is 1.79. The Morgan fingerprint density at radius 2 is 1.89 bits per heavy atom. The molecule has 18 heavy (non-hydrogen) atoms. The highest BCUT2D eigenvalue weighted by Gasteiger charge is 2.39. The molecule has 2 unspecified atom stereocenters. The smallest absolute Gasteiger partial charge is 0.0148 e.